The van der Waals surface area contributed by atoms with E-state index in [-0.39, 0.29) is 0 Å². The second-order valence-corrected chi connectivity index (χ2v) is 30.8. The van der Waals surface area contributed by atoms with Crippen molar-refractivity contribution >= 4 is 30.3 Å². The van der Waals surface area contributed by atoms with Crippen LogP contribution in [0.1, 0.15) is 40.0 Å². The SMILES string of the molecule is CCOC(=O)C(C(=O)OCC)[CH](C)[Sn]([CH2]CC(F)(F)C(F)(F)C(F)(F)C(F)(F)C(F)(F)C(F)(F)F)([CH2]CC(F)(F)C(F)(F)C(F)(F)C(F)(F)C(F)(F)C(F)(F)F)[CH2]CC(F)(F)C(F)(F)C(F)(F)C(F)(F)C(F)(F)C(F)(F)F. The fourth-order valence-electron chi connectivity index (χ4n) is 6.48. The molecule has 0 aromatic heterocycles. The van der Waals surface area contributed by atoms with Gasteiger partial charge in [-0.2, -0.15) is 0 Å². The third-order valence-electron chi connectivity index (χ3n) is 11.4. The molecule has 0 bridgehead atoms. The molecule has 0 spiro atoms. The molecule has 0 saturated carbocycles. The normalized spacial score (nSPS) is 16.5. The van der Waals surface area contributed by atoms with Gasteiger partial charge in [0.25, 0.3) is 0 Å². The van der Waals surface area contributed by atoms with Crippen molar-refractivity contribution in [3.05, 3.63) is 0 Å². The summed E-state index contributed by atoms with van der Waals surface area (Å²) < 4.78 is 541. The van der Waals surface area contributed by atoms with Gasteiger partial charge >= 0.3 is 404 Å². The standard InChI is InChI=1S/C9H15O4.3C8H4F13.Sn/c1-4-7(8(10)12-5-2)9(11)13-6-3;3*1-2-3(9,10)4(11,12)5(13,14)6(15,16)7(17,18)8(19,20)21;/h4,7H,5-6H2,1-3H3;3*1-2H2;. The summed E-state index contributed by atoms with van der Waals surface area (Å²) in [6.45, 7) is -1.95. The Hall–Kier alpha value is -2.99. The summed E-state index contributed by atoms with van der Waals surface area (Å²) in [5.74, 6) is -138. The Labute approximate surface area is 404 Å². The number of carbonyl (C=O) groups is 2. The van der Waals surface area contributed by atoms with Gasteiger partial charge in [0.15, 0.2) is 0 Å². The first-order valence-corrected chi connectivity index (χ1v) is 27.0. The predicted octanol–water partition coefficient (Wildman–Crippen LogP) is 16.0. The van der Waals surface area contributed by atoms with E-state index in [4.69, 9.17) is 0 Å². The van der Waals surface area contributed by atoms with Gasteiger partial charge in [-0.1, -0.05) is 0 Å². The van der Waals surface area contributed by atoms with Crippen LogP contribution in [0.2, 0.25) is 17.2 Å². The van der Waals surface area contributed by atoms with Crippen LogP contribution < -0.4 is 0 Å². The van der Waals surface area contributed by atoms with E-state index in [1.807, 2.05) is 0 Å². The van der Waals surface area contributed by atoms with Gasteiger partial charge in [-0.05, 0) is 0 Å². The molecule has 0 radical (unpaired) electrons. The zero-order chi connectivity index (χ0) is 62.9. The molecule has 0 aliphatic heterocycles. The molecule has 460 valence electrons. The average molecular weight is 1350 g/mol. The maximum atomic E-state index is 15.3. The van der Waals surface area contributed by atoms with E-state index in [2.05, 4.69) is 9.47 Å². The van der Waals surface area contributed by atoms with Crippen LogP contribution in [0.25, 0.3) is 0 Å². The van der Waals surface area contributed by atoms with E-state index in [9.17, 15) is 154 Å². The second-order valence-electron chi connectivity index (χ2n) is 16.1. The van der Waals surface area contributed by atoms with Gasteiger partial charge in [0.05, 0.1) is 0 Å². The van der Waals surface area contributed by atoms with Crippen molar-refractivity contribution < 1.29 is 190 Å². The van der Waals surface area contributed by atoms with E-state index in [0.717, 1.165) is 0 Å². The number of esters is 2. The fraction of sp³-hybridized carbons (Fsp3) is 0.939. The van der Waals surface area contributed by atoms with Crippen LogP contribution in [0.4, 0.5) is 171 Å². The Balaban J connectivity index is 9.15. The van der Waals surface area contributed by atoms with Crippen molar-refractivity contribution in [3.63, 3.8) is 0 Å². The van der Waals surface area contributed by atoms with Crippen LogP contribution in [0, 0.1) is 5.92 Å². The van der Waals surface area contributed by atoms with E-state index in [1.165, 1.54) is 0 Å². The number of hydrogen-bond acceptors (Lipinski definition) is 4. The fourth-order valence-corrected chi connectivity index (χ4v) is 22.3. The molecule has 0 aliphatic carbocycles. The molecule has 0 rings (SSSR count). The van der Waals surface area contributed by atoms with E-state index in [1.54, 1.807) is 0 Å². The number of halogens is 39. The van der Waals surface area contributed by atoms with E-state index >= 15 is 26.3 Å². The molecule has 44 heteroatoms. The topological polar surface area (TPSA) is 52.6 Å². The Morgan fingerprint density at radius 1 is 0.312 bits per heavy atom. The van der Waals surface area contributed by atoms with E-state index < -0.39 is 200 Å². The molecule has 0 aliphatic rings. The molecule has 0 aromatic carbocycles. The minimum absolute atomic E-state index is 0.441. The third kappa shape index (κ3) is 11.7. The monoisotopic (exact) mass is 1350 g/mol. The molecule has 0 amide bonds. The van der Waals surface area contributed by atoms with Crippen molar-refractivity contribution in [2.24, 2.45) is 5.92 Å². The quantitative estimate of drug-likeness (QED) is 0.0356. The van der Waals surface area contributed by atoms with Gasteiger partial charge in [0, 0.05) is 0 Å². The molecule has 0 aromatic rings. The molecule has 77 heavy (non-hydrogen) atoms. The molecule has 1 atom stereocenters. The van der Waals surface area contributed by atoms with Gasteiger partial charge in [-0.3, -0.25) is 0 Å². The average Bonchev–Trinajstić information content (AvgIpc) is 3.21. The number of hydrogen-bond donors (Lipinski definition) is 0. The zero-order valence-electron chi connectivity index (χ0n) is 36.7. The Kier molecular flexibility index (Phi) is 20.6. The summed E-state index contributed by atoms with van der Waals surface area (Å²) in [5, 5.41) is 0. The van der Waals surface area contributed by atoms with Crippen LogP contribution in [0.3, 0.4) is 0 Å². The Morgan fingerprint density at radius 3 is 0.636 bits per heavy atom. The van der Waals surface area contributed by atoms with Crippen LogP contribution in [-0.4, -0.2) is 151 Å². The van der Waals surface area contributed by atoms with Crippen molar-refractivity contribution in [1.29, 1.82) is 0 Å². The summed E-state index contributed by atoms with van der Waals surface area (Å²) in [4.78, 5) is 25.9. The van der Waals surface area contributed by atoms with Gasteiger partial charge in [-0.25, -0.2) is 0 Å². The third-order valence-corrected chi connectivity index (χ3v) is 28.5. The van der Waals surface area contributed by atoms with Gasteiger partial charge in [-0.15, -0.1) is 0 Å². The molecular formula is C33H27F39O4Sn. The number of carbonyl (C=O) groups excluding carboxylic acids is 2. The number of ether oxygens (including phenoxy) is 2. The van der Waals surface area contributed by atoms with Crippen molar-refractivity contribution in [2.75, 3.05) is 13.2 Å². The Morgan fingerprint density at radius 2 is 0.481 bits per heavy atom. The first-order chi connectivity index (χ1) is 33.1. The predicted molar refractivity (Wildman–Crippen MR) is 173 cm³/mol. The summed E-state index contributed by atoms with van der Waals surface area (Å²) in [6.07, 6.45) is -37.4. The van der Waals surface area contributed by atoms with Gasteiger partial charge in [0.2, 0.25) is 0 Å². The summed E-state index contributed by atoms with van der Waals surface area (Å²) >= 11 is -8.76. The maximum absolute atomic E-state index is 15.3. The van der Waals surface area contributed by atoms with Crippen molar-refractivity contribution in [3.8, 4) is 0 Å². The van der Waals surface area contributed by atoms with E-state index in [0.29, 0.717) is 13.8 Å². The van der Waals surface area contributed by atoms with Crippen LogP contribution in [0.5, 0.6) is 0 Å². The molecule has 0 saturated heterocycles. The second kappa shape index (κ2) is 21.4. The molecular weight excluding hydrogens is 1320 g/mol. The zero-order valence-corrected chi connectivity index (χ0v) is 39.5. The summed E-state index contributed by atoms with van der Waals surface area (Å²) in [5.41, 5.74) is 0. The van der Waals surface area contributed by atoms with Crippen molar-refractivity contribution in [1.82, 2.24) is 0 Å². The molecule has 0 N–H and O–H groups in total. The summed E-state index contributed by atoms with van der Waals surface area (Å²) in [6, 6.07) is 0. The Bertz CT molecular complexity index is 1830. The van der Waals surface area contributed by atoms with Crippen LogP contribution >= 0.6 is 0 Å². The minimum atomic E-state index is -9.00. The first kappa shape index (κ1) is 74.0. The molecule has 0 heterocycles. The first-order valence-electron chi connectivity index (χ1n) is 19.3. The van der Waals surface area contributed by atoms with Crippen LogP contribution in [0.15, 0.2) is 0 Å². The number of rotatable bonds is 27. The van der Waals surface area contributed by atoms with Gasteiger partial charge in [0.1, 0.15) is 0 Å². The molecule has 4 nitrogen and oxygen atoms in total. The number of alkyl halides is 39. The van der Waals surface area contributed by atoms with Gasteiger partial charge < -0.3 is 0 Å². The summed E-state index contributed by atoms with van der Waals surface area (Å²) in [7, 11) is 0. The molecule has 0 fully saturated rings. The molecule has 1 unspecified atom stereocenters. The van der Waals surface area contributed by atoms with Crippen molar-refractivity contribution in [2.45, 2.75) is 165 Å². The van der Waals surface area contributed by atoms with Crippen LogP contribution in [-0.2, 0) is 19.1 Å².